The van der Waals surface area contributed by atoms with Gasteiger partial charge in [0, 0.05) is 41.8 Å². The van der Waals surface area contributed by atoms with Crippen LogP contribution in [0, 0.1) is 0 Å². The summed E-state index contributed by atoms with van der Waals surface area (Å²) >= 11 is 7.52. The minimum absolute atomic E-state index is 0.171. The van der Waals surface area contributed by atoms with Crippen molar-refractivity contribution >= 4 is 40.9 Å². The van der Waals surface area contributed by atoms with Crippen molar-refractivity contribution in [2.45, 2.75) is 4.90 Å². The Kier molecular flexibility index (Phi) is 6.63. The maximum atomic E-state index is 12.4. The van der Waals surface area contributed by atoms with Crippen molar-refractivity contribution in [3.05, 3.63) is 59.1 Å². The smallest absolute Gasteiger partial charge is 0.339 e. The van der Waals surface area contributed by atoms with Crippen molar-refractivity contribution in [1.29, 1.82) is 0 Å². The summed E-state index contributed by atoms with van der Waals surface area (Å²) in [6.07, 6.45) is 1.90. The van der Waals surface area contributed by atoms with Crippen molar-refractivity contribution in [2.24, 2.45) is 0 Å². The molecule has 1 fully saturated rings. The number of piperazine rings is 1. The quantitative estimate of drug-likeness (QED) is 0.563. The first-order valence-electron chi connectivity index (χ1n) is 8.67. The third-order valence-electron chi connectivity index (χ3n) is 4.46. The van der Waals surface area contributed by atoms with E-state index in [9.17, 15) is 9.59 Å². The zero-order valence-electron chi connectivity index (χ0n) is 15.1. The molecule has 0 unspecified atom stereocenters. The molecule has 0 aromatic heterocycles. The van der Waals surface area contributed by atoms with Crippen molar-refractivity contribution < 1.29 is 14.3 Å². The first-order valence-corrected chi connectivity index (χ1v) is 10.3. The lowest BCUT2D eigenvalue weighted by Crippen LogP contribution is -2.49. The predicted octanol–water partition coefficient (Wildman–Crippen LogP) is 3.57. The molecule has 0 N–H and O–H groups in total. The molecule has 0 saturated carbocycles. The molecule has 2 aromatic rings. The van der Waals surface area contributed by atoms with E-state index in [2.05, 4.69) is 4.90 Å². The molecule has 1 amide bonds. The number of rotatable bonds is 5. The lowest BCUT2D eigenvalue weighted by Gasteiger charge is -2.36. The van der Waals surface area contributed by atoms with Crippen molar-refractivity contribution in [3.63, 3.8) is 0 Å². The molecule has 3 rings (SSSR count). The summed E-state index contributed by atoms with van der Waals surface area (Å²) in [4.78, 5) is 29.4. The summed E-state index contributed by atoms with van der Waals surface area (Å²) in [6.45, 7) is 2.37. The van der Waals surface area contributed by atoms with Crippen molar-refractivity contribution in [3.8, 4) is 0 Å². The zero-order chi connectivity index (χ0) is 19.2. The fraction of sp³-hybridized carbons (Fsp3) is 0.300. The summed E-state index contributed by atoms with van der Waals surface area (Å²) in [7, 11) is 0. The van der Waals surface area contributed by atoms with E-state index in [0.29, 0.717) is 23.7 Å². The summed E-state index contributed by atoms with van der Waals surface area (Å²) in [5.41, 5.74) is 1.54. The van der Waals surface area contributed by atoms with Crippen LogP contribution in [0.2, 0.25) is 5.02 Å². The summed E-state index contributed by atoms with van der Waals surface area (Å²) in [5.74, 6) is -0.637. The SMILES string of the molecule is CSc1ccccc1C(=O)OCC(=O)N1CCN(c2cccc(Cl)c2)CC1. The van der Waals surface area contributed by atoms with Crippen LogP contribution in [-0.4, -0.2) is 55.8 Å². The van der Waals surface area contributed by atoms with E-state index < -0.39 is 5.97 Å². The number of halogens is 1. The number of benzene rings is 2. The van der Waals surface area contributed by atoms with E-state index in [1.54, 1.807) is 17.0 Å². The largest absolute Gasteiger partial charge is 0.452 e. The number of amides is 1. The van der Waals surface area contributed by atoms with Gasteiger partial charge in [-0.15, -0.1) is 11.8 Å². The van der Waals surface area contributed by atoms with Gasteiger partial charge in [-0.2, -0.15) is 0 Å². The molecule has 5 nitrogen and oxygen atoms in total. The molecule has 7 heteroatoms. The van der Waals surface area contributed by atoms with Crippen LogP contribution in [0.15, 0.2) is 53.4 Å². The first kappa shape index (κ1) is 19.6. The minimum Gasteiger partial charge on any atom is -0.452 e. The Hall–Kier alpha value is -2.18. The van der Waals surface area contributed by atoms with E-state index in [4.69, 9.17) is 16.3 Å². The molecule has 0 radical (unpaired) electrons. The number of hydrogen-bond donors (Lipinski definition) is 0. The summed E-state index contributed by atoms with van der Waals surface area (Å²) in [6, 6.07) is 14.9. The first-order chi connectivity index (χ1) is 13.1. The van der Waals surface area contributed by atoms with Gasteiger partial charge in [0.15, 0.2) is 6.61 Å². The molecule has 1 saturated heterocycles. The van der Waals surface area contributed by atoms with Gasteiger partial charge in [-0.05, 0) is 36.6 Å². The van der Waals surface area contributed by atoms with E-state index in [1.165, 1.54) is 11.8 Å². The molecule has 1 heterocycles. The van der Waals surface area contributed by atoms with Gasteiger partial charge in [0.1, 0.15) is 0 Å². The molecule has 0 atom stereocenters. The number of esters is 1. The second kappa shape index (κ2) is 9.15. The van der Waals surface area contributed by atoms with Gasteiger partial charge in [-0.25, -0.2) is 4.79 Å². The van der Waals surface area contributed by atoms with Gasteiger partial charge in [0.2, 0.25) is 0 Å². The third-order valence-corrected chi connectivity index (χ3v) is 5.49. The van der Waals surface area contributed by atoms with Crippen LogP contribution in [-0.2, 0) is 9.53 Å². The molecule has 0 aliphatic carbocycles. The Balaban J connectivity index is 1.50. The third kappa shape index (κ3) is 4.96. The van der Waals surface area contributed by atoms with Gasteiger partial charge in [0.05, 0.1) is 5.56 Å². The van der Waals surface area contributed by atoms with Crippen LogP contribution in [0.5, 0.6) is 0 Å². The van der Waals surface area contributed by atoms with Gasteiger partial charge >= 0.3 is 5.97 Å². The number of carbonyl (C=O) groups is 2. The van der Waals surface area contributed by atoms with Crippen LogP contribution in [0.4, 0.5) is 5.69 Å². The van der Waals surface area contributed by atoms with E-state index >= 15 is 0 Å². The molecule has 27 heavy (non-hydrogen) atoms. The number of ether oxygens (including phenoxy) is 1. The van der Waals surface area contributed by atoms with E-state index in [1.807, 2.05) is 42.7 Å². The molecular formula is C20H21ClN2O3S. The minimum atomic E-state index is -0.467. The molecule has 0 spiro atoms. The molecule has 2 aromatic carbocycles. The lowest BCUT2D eigenvalue weighted by molar-refractivity contribution is -0.134. The number of anilines is 1. The summed E-state index contributed by atoms with van der Waals surface area (Å²) in [5, 5.41) is 0.698. The van der Waals surface area contributed by atoms with Crippen LogP contribution in [0.25, 0.3) is 0 Å². The maximum Gasteiger partial charge on any atom is 0.339 e. The molecule has 142 valence electrons. The average Bonchev–Trinajstić information content (AvgIpc) is 2.71. The fourth-order valence-electron chi connectivity index (χ4n) is 3.00. The maximum absolute atomic E-state index is 12.4. The average molecular weight is 405 g/mol. The second-order valence-electron chi connectivity index (χ2n) is 6.12. The van der Waals surface area contributed by atoms with Gasteiger partial charge in [-0.1, -0.05) is 29.8 Å². The molecule has 0 bridgehead atoms. The highest BCUT2D eigenvalue weighted by molar-refractivity contribution is 7.98. The molecule has 1 aliphatic rings. The molecule has 1 aliphatic heterocycles. The lowest BCUT2D eigenvalue weighted by atomic mass is 10.2. The Morgan fingerprint density at radius 2 is 1.81 bits per heavy atom. The highest BCUT2D eigenvalue weighted by Crippen LogP contribution is 2.22. The van der Waals surface area contributed by atoms with E-state index in [0.717, 1.165) is 23.7 Å². The fourth-order valence-corrected chi connectivity index (χ4v) is 3.77. The standard InChI is InChI=1S/C20H21ClN2O3S/c1-27-18-8-3-2-7-17(18)20(25)26-14-19(24)23-11-9-22(10-12-23)16-6-4-5-15(21)13-16/h2-8,13H,9-12,14H2,1H3. The monoisotopic (exact) mass is 404 g/mol. The van der Waals surface area contributed by atoms with Gasteiger partial charge in [-0.3, -0.25) is 4.79 Å². The highest BCUT2D eigenvalue weighted by Gasteiger charge is 2.23. The number of carbonyl (C=O) groups excluding carboxylic acids is 2. The topological polar surface area (TPSA) is 49.9 Å². The van der Waals surface area contributed by atoms with Gasteiger partial charge in [0.25, 0.3) is 5.91 Å². The summed E-state index contributed by atoms with van der Waals surface area (Å²) < 4.78 is 5.24. The van der Waals surface area contributed by atoms with Crippen LogP contribution in [0.3, 0.4) is 0 Å². The van der Waals surface area contributed by atoms with Crippen LogP contribution in [0.1, 0.15) is 10.4 Å². The van der Waals surface area contributed by atoms with Crippen LogP contribution >= 0.6 is 23.4 Å². The number of nitrogens with zero attached hydrogens (tertiary/aromatic N) is 2. The van der Waals surface area contributed by atoms with Crippen LogP contribution < -0.4 is 4.90 Å². The normalized spacial score (nSPS) is 14.1. The Morgan fingerprint density at radius 1 is 1.07 bits per heavy atom. The predicted molar refractivity (Wildman–Crippen MR) is 109 cm³/mol. The number of hydrogen-bond acceptors (Lipinski definition) is 5. The van der Waals surface area contributed by atoms with Crippen molar-refractivity contribution in [1.82, 2.24) is 4.90 Å². The Labute approximate surface area is 168 Å². The van der Waals surface area contributed by atoms with Gasteiger partial charge < -0.3 is 14.5 Å². The number of thioether (sulfide) groups is 1. The highest BCUT2D eigenvalue weighted by atomic mass is 35.5. The van der Waals surface area contributed by atoms with Crippen molar-refractivity contribution in [2.75, 3.05) is 43.9 Å². The Morgan fingerprint density at radius 3 is 2.52 bits per heavy atom. The zero-order valence-corrected chi connectivity index (χ0v) is 16.6. The Bertz CT molecular complexity index is 822. The second-order valence-corrected chi connectivity index (χ2v) is 7.41. The molecular weight excluding hydrogens is 384 g/mol. The van der Waals surface area contributed by atoms with E-state index in [-0.39, 0.29) is 12.5 Å².